The summed E-state index contributed by atoms with van der Waals surface area (Å²) in [6, 6.07) is 14.5. The molecule has 1 fully saturated rings. The van der Waals surface area contributed by atoms with Crippen LogP contribution in [0.15, 0.2) is 48.5 Å². The van der Waals surface area contributed by atoms with Gasteiger partial charge in [-0.2, -0.15) is 5.10 Å². The molecule has 3 aromatic rings. The maximum atomic E-state index is 13.4. The van der Waals surface area contributed by atoms with Gasteiger partial charge in [-0.1, -0.05) is 30.3 Å². The maximum Gasteiger partial charge on any atom is 0.227 e. The predicted octanol–water partition coefficient (Wildman–Crippen LogP) is 2.51. The molecular weight excluding hydrogens is 422 g/mol. The summed E-state index contributed by atoms with van der Waals surface area (Å²) in [7, 11) is 3.15. The molecule has 1 saturated heterocycles. The number of ether oxygens (including phenoxy) is 2. The first-order valence-electron chi connectivity index (χ1n) is 10.7. The summed E-state index contributed by atoms with van der Waals surface area (Å²) in [4.78, 5) is 31.4. The number of carbonyl (C=O) groups excluding carboxylic acids is 2. The van der Waals surface area contributed by atoms with Crippen molar-refractivity contribution in [1.29, 1.82) is 0 Å². The first-order chi connectivity index (χ1) is 16.0. The van der Waals surface area contributed by atoms with Crippen molar-refractivity contribution in [3.05, 3.63) is 59.9 Å². The Morgan fingerprint density at radius 3 is 2.45 bits per heavy atom. The first-order valence-corrected chi connectivity index (χ1v) is 10.7. The molecule has 2 aromatic carbocycles. The number of nitrogens with one attached hydrogen (secondary N) is 2. The zero-order chi connectivity index (χ0) is 23.4. The average Bonchev–Trinajstić information content (AvgIpc) is 3.46. The van der Waals surface area contributed by atoms with E-state index >= 15 is 0 Å². The highest BCUT2D eigenvalue weighted by atomic mass is 16.5. The summed E-state index contributed by atoms with van der Waals surface area (Å²) in [6.45, 7) is 1.87. The number of hydrogen-bond acceptors (Lipinski definition) is 6. The molecule has 2 unspecified atom stereocenters. The lowest BCUT2D eigenvalue weighted by Crippen LogP contribution is -2.38. The van der Waals surface area contributed by atoms with Crippen LogP contribution in [0.2, 0.25) is 0 Å². The van der Waals surface area contributed by atoms with Crippen LogP contribution in [-0.4, -0.2) is 58.7 Å². The second-order valence-corrected chi connectivity index (χ2v) is 8.00. The summed E-state index contributed by atoms with van der Waals surface area (Å²) >= 11 is 0. The molecule has 0 spiro atoms. The third-order valence-corrected chi connectivity index (χ3v) is 5.65. The third-order valence-electron chi connectivity index (χ3n) is 5.65. The fraction of sp³-hybridized carbons (Fsp3) is 0.333. The average molecular weight is 450 g/mol. The molecule has 33 heavy (non-hydrogen) atoms. The van der Waals surface area contributed by atoms with Crippen LogP contribution >= 0.6 is 0 Å². The van der Waals surface area contributed by atoms with Gasteiger partial charge in [-0.05, 0) is 24.1 Å². The predicted molar refractivity (Wildman–Crippen MR) is 122 cm³/mol. The van der Waals surface area contributed by atoms with Gasteiger partial charge in [0.2, 0.25) is 11.8 Å². The van der Waals surface area contributed by atoms with E-state index in [1.807, 2.05) is 42.5 Å². The molecule has 0 bridgehead atoms. The Morgan fingerprint density at radius 1 is 1.12 bits per heavy atom. The lowest BCUT2D eigenvalue weighted by atomic mass is 10.1. The molecule has 9 nitrogen and oxygen atoms in total. The van der Waals surface area contributed by atoms with Crippen LogP contribution in [-0.2, 0) is 16.0 Å². The number of nitrogens with zero attached hydrogens (tertiary/aromatic N) is 3. The lowest BCUT2D eigenvalue weighted by molar-refractivity contribution is -0.131. The molecule has 4 rings (SSSR count). The number of amides is 2. The van der Waals surface area contributed by atoms with Gasteiger partial charge < -0.3 is 19.7 Å². The van der Waals surface area contributed by atoms with Crippen molar-refractivity contribution < 1.29 is 19.1 Å². The highest BCUT2D eigenvalue weighted by molar-refractivity contribution is 5.80. The maximum absolute atomic E-state index is 13.4. The number of benzene rings is 2. The SMILES string of the molecule is COc1cc(CC(=O)N2CC(NC(C)=O)CC2c2nc(-c3ccccc3)n[nH]2)cc(OC)c1. The Labute approximate surface area is 192 Å². The van der Waals surface area contributed by atoms with Gasteiger partial charge in [-0.25, -0.2) is 4.98 Å². The number of rotatable bonds is 7. The summed E-state index contributed by atoms with van der Waals surface area (Å²) in [5.41, 5.74) is 1.67. The molecule has 1 aromatic heterocycles. The zero-order valence-corrected chi connectivity index (χ0v) is 18.9. The van der Waals surface area contributed by atoms with Gasteiger partial charge in [0.05, 0.1) is 26.7 Å². The highest BCUT2D eigenvalue weighted by Gasteiger charge is 2.38. The Balaban J connectivity index is 1.58. The van der Waals surface area contributed by atoms with Crippen LogP contribution in [0.25, 0.3) is 11.4 Å². The molecule has 0 saturated carbocycles. The Bertz CT molecular complexity index is 1110. The number of aromatic amines is 1. The topological polar surface area (TPSA) is 109 Å². The Morgan fingerprint density at radius 2 is 1.82 bits per heavy atom. The van der Waals surface area contributed by atoms with Crippen LogP contribution < -0.4 is 14.8 Å². The zero-order valence-electron chi connectivity index (χ0n) is 18.9. The van der Waals surface area contributed by atoms with Crippen LogP contribution in [0.3, 0.4) is 0 Å². The van der Waals surface area contributed by atoms with Gasteiger partial charge in [0.15, 0.2) is 5.82 Å². The number of H-pyrrole nitrogens is 1. The van der Waals surface area contributed by atoms with Gasteiger partial charge >= 0.3 is 0 Å². The molecule has 2 N–H and O–H groups in total. The van der Waals surface area contributed by atoms with E-state index in [1.54, 1.807) is 25.2 Å². The van der Waals surface area contributed by atoms with E-state index in [9.17, 15) is 9.59 Å². The largest absolute Gasteiger partial charge is 0.497 e. The summed E-state index contributed by atoms with van der Waals surface area (Å²) in [5, 5.41) is 10.3. The van der Waals surface area contributed by atoms with Crippen LogP contribution in [0, 0.1) is 0 Å². The highest BCUT2D eigenvalue weighted by Crippen LogP contribution is 2.32. The Kier molecular flexibility index (Phi) is 6.58. The smallest absolute Gasteiger partial charge is 0.227 e. The summed E-state index contributed by atoms with van der Waals surface area (Å²) < 4.78 is 10.6. The van der Waals surface area contributed by atoms with E-state index in [0.29, 0.717) is 36.1 Å². The van der Waals surface area contributed by atoms with Gasteiger partial charge in [0.25, 0.3) is 0 Å². The van der Waals surface area contributed by atoms with Gasteiger partial charge in [0, 0.05) is 31.1 Å². The third kappa shape index (κ3) is 5.14. The van der Waals surface area contributed by atoms with Crippen molar-refractivity contribution in [3.8, 4) is 22.9 Å². The van der Waals surface area contributed by atoms with Crippen LogP contribution in [0.5, 0.6) is 11.5 Å². The molecule has 172 valence electrons. The molecule has 1 aliphatic heterocycles. The van der Waals surface area contributed by atoms with E-state index < -0.39 is 0 Å². The molecular formula is C24H27N5O4. The first kappa shape index (κ1) is 22.3. The fourth-order valence-electron chi connectivity index (χ4n) is 4.15. The molecule has 9 heteroatoms. The molecule has 2 atom stereocenters. The molecule has 1 aliphatic rings. The second kappa shape index (κ2) is 9.72. The number of carbonyl (C=O) groups is 2. The lowest BCUT2D eigenvalue weighted by Gasteiger charge is -2.23. The number of methoxy groups -OCH3 is 2. The monoisotopic (exact) mass is 449 g/mol. The van der Waals surface area contributed by atoms with Crippen molar-refractivity contribution in [2.75, 3.05) is 20.8 Å². The van der Waals surface area contributed by atoms with E-state index in [2.05, 4.69) is 20.5 Å². The molecule has 2 heterocycles. The number of likely N-dealkylation sites (tertiary alicyclic amines) is 1. The Hall–Kier alpha value is -3.88. The quantitative estimate of drug-likeness (QED) is 0.574. The number of aromatic nitrogens is 3. The number of hydrogen-bond donors (Lipinski definition) is 2. The van der Waals surface area contributed by atoms with Crippen molar-refractivity contribution in [2.24, 2.45) is 0 Å². The van der Waals surface area contributed by atoms with Gasteiger partial charge in [-0.15, -0.1) is 0 Å². The van der Waals surface area contributed by atoms with Crippen molar-refractivity contribution in [1.82, 2.24) is 25.4 Å². The van der Waals surface area contributed by atoms with E-state index in [1.165, 1.54) is 6.92 Å². The van der Waals surface area contributed by atoms with Gasteiger partial charge in [0.1, 0.15) is 17.3 Å². The van der Waals surface area contributed by atoms with E-state index in [0.717, 1.165) is 11.1 Å². The second-order valence-electron chi connectivity index (χ2n) is 8.00. The van der Waals surface area contributed by atoms with Gasteiger partial charge in [-0.3, -0.25) is 14.7 Å². The summed E-state index contributed by atoms with van der Waals surface area (Å²) in [5.74, 6) is 2.19. The molecule has 0 radical (unpaired) electrons. The standard InChI is InChI=1S/C24H27N5O4/c1-15(30)25-18-12-21(24-26-23(27-28-24)17-7-5-4-6-8-17)29(14-18)22(31)11-16-9-19(32-2)13-20(10-16)33-3/h4-10,13,18,21H,11-12,14H2,1-3H3,(H,25,30)(H,26,27,28). The van der Waals surface area contributed by atoms with E-state index in [-0.39, 0.29) is 30.3 Å². The minimum Gasteiger partial charge on any atom is -0.497 e. The van der Waals surface area contributed by atoms with Crippen molar-refractivity contribution in [2.45, 2.75) is 31.8 Å². The van der Waals surface area contributed by atoms with Crippen molar-refractivity contribution in [3.63, 3.8) is 0 Å². The van der Waals surface area contributed by atoms with E-state index in [4.69, 9.17) is 9.47 Å². The van der Waals surface area contributed by atoms with Crippen molar-refractivity contribution >= 4 is 11.8 Å². The molecule has 2 amide bonds. The van der Waals surface area contributed by atoms with Crippen LogP contribution in [0.4, 0.5) is 0 Å². The summed E-state index contributed by atoms with van der Waals surface area (Å²) in [6.07, 6.45) is 0.715. The minimum atomic E-state index is -0.327. The molecule has 0 aliphatic carbocycles. The fourth-order valence-corrected chi connectivity index (χ4v) is 4.15. The van der Waals surface area contributed by atoms with Crippen LogP contribution in [0.1, 0.15) is 30.8 Å². The minimum absolute atomic E-state index is 0.0826. The normalized spacial score (nSPS) is 17.6.